The monoisotopic (exact) mass is 343 g/mol. The average molecular weight is 343 g/mol. The van der Waals surface area contributed by atoms with E-state index in [0.717, 1.165) is 20.7 Å². The summed E-state index contributed by atoms with van der Waals surface area (Å²) in [6, 6.07) is 5.61. The molecule has 0 fully saturated rings. The molecule has 7 heteroatoms. The molecule has 0 amide bonds. The third kappa shape index (κ3) is 3.05. The van der Waals surface area contributed by atoms with Crippen molar-refractivity contribution in [1.82, 2.24) is 15.0 Å². The van der Waals surface area contributed by atoms with Crippen LogP contribution < -0.4 is 11.1 Å². The number of ether oxygens (including phenoxy) is 1. The number of aromatic nitrogens is 3. The number of rotatable bonds is 5. The Kier molecular flexibility index (Phi) is 4.38. The van der Waals surface area contributed by atoms with Crippen LogP contribution >= 0.6 is 11.3 Å². The third-order valence-corrected chi connectivity index (χ3v) is 5.27. The van der Waals surface area contributed by atoms with Gasteiger partial charge in [-0.2, -0.15) is 4.98 Å². The predicted octanol–water partition coefficient (Wildman–Crippen LogP) is 3.99. The normalized spacial score (nSPS) is 11.8. The lowest BCUT2D eigenvalue weighted by molar-refractivity contribution is -0.0115. The van der Waals surface area contributed by atoms with Gasteiger partial charge in [-0.15, -0.1) is 11.3 Å². The van der Waals surface area contributed by atoms with Gasteiger partial charge in [-0.25, -0.2) is 9.97 Å². The van der Waals surface area contributed by atoms with Crippen molar-refractivity contribution in [2.24, 2.45) is 0 Å². The van der Waals surface area contributed by atoms with Gasteiger partial charge >= 0.3 is 0 Å². The maximum Gasteiger partial charge on any atom is 0.231 e. The highest BCUT2D eigenvalue weighted by Gasteiger charge is 2.28. The maximum absolute atomic E-state index is 6.20. The van der Waals surface area contributed by atoms with Crippen molar-refractivity contribution < 1.29 is 4.74 Å². The van der Waals surface area contributed by atoms with Gasteiger partial charge in [0.25, 0.3) is 0 Å². The topological polar surface area (TPSA) is 86.0 Å². The van der Waals surface area contributed by atoms with Gasteiger partial charge in [0, 0.05) is 17.7 Å². The first kappa shape index (κ1) is 16.6. The van der Waals surface area contributed by atoms with Crippen LogP contribution in [0.2, 0.25) is 0 Å². The molecular formula is C17H21N5OS. The number of pyridine rings is 1. The number of hydrogen-bond donors (Lipinski definition) is 2. The van der Waals surface area contributed by atoms with Gasteiger partial charge in [-0.1, -0.05) is 6.07 Å². The molecule has 0 radical (unpaired) electrons. The number of aryl methyl sites for hydroxylation is 1. The number of hydrogen-bond acceptors (Lipinski definition) is 7. The van der Waals surface area contributed by atoms with E-state index >= 15 is 0 Å². The van der Waals surface area contributed by atoms with Crippen LogP contribution in [0.5, 0.6) is 0 Å². The summed E-state index contributed by atoms with van der Waals surface area (Å²) >= 11 is 1.59. The Morgan fingerprint density at radius 3 is 2.75 bits per heavy atom. The molecule has 6 nitrogen and oxygen atoms in total. The summed E-state index contributed by atoms with van der Waals surface area (Å²) in [6.45, 7) is 8.80. The molecule has 3 rings (SSSR count). The van der Waals surface area contributed by atoms with Gasteiger partial charge in [-0.3, -0.25) is 0 Å². The number of nitrogen functional groups attached to an aromatic ring is 1. The molecule has 0 atom stereocenters. The van der Waals surface area contributed by atoms with Crippen LogP contribution in [0.4, 0.5) is 17.6 Å². The molecule has 3 aromatic rings. The third-order valence-electron chi connectivity index (χ3n) is 3.77. The molecule has 0 unspecified atom stereocenters. The van der Waals surface area contributed by atoms with E-state index in [0.29, 0.717) is 24.2 Å². The second-order valence-corrected chi connectivity index (χ2v) is 6.95. The van der Waals surface area contributed by atoms with Crippen LogP contribution in [0.15, 0.2) is 24.4 Å². The first-order valence-electron chi connectivity index (χ1n) is 7.81. The first-order valence-corrected chi connectivity index (χ1v) is 8.63. The van der Waals surface area contributed by atoms with E-state index in [2.05, 4.69) is 34.1 Å². The number of nitrogens with two attached hydrogens (primary N) is 1. The van der Waals surface area contributed by atoms with Crippen LogP contribution in [0.25, 0.3) is 10.2 Å². The van der Waals surface area contributed by atoms with Gasteiger partial charge in [0.1, 0.15) is 16.5 Å². The largest absolute Gasteiger partial charge is 0.383 e. The van der Waals surface area contributed by atoms with Crippen molar-refractivity contribution in [1.29, 1.82) is 0 Å². The number of anilines is 3. The molecule has 0 bridgehead atoms. The van der Waals surface area contributed by atoms with Crippen molar-refractivity contribution in [3.8, 4) is 0 Å². The Labute approximate surface area is 145 Å². The zero-order valence-electron chi connectivity index (χ0n) is 14.3. The van der Waals surface area contributed by atoms with Crippen molar-refractivity contribution in [3.63, 3.8) is 0 Å². The minimum Gasteiger partial charge on any atom is -0.383 e. The number of thiophene rings is 1. The Balaban J connectivity index is 2.05. The Morgan fingerprint density at radius 1 is 1.29 bits per heavy atom. The first-order chi connectivity index (χ1) is 11.4. The standard InChI is InChI=1S/C17H21N5OS/c1-5-23-17(3,4)13-10(2)12-14(18)21-16(22-15(12)24-13)20-11-8-6-7-9-19-11/h6-9H,5H2,1-4H3,(H3,18,19,20,21,22). The summed E-state index contributed by atoms with van der Waals surface area (Å²) in [5.74, 6) is 1.59. The lowest BCUT2D eigenvalue weighted by Crippen LogP contribution is -2.21. The molecule has 0 spiro atoms. The lowest BCUT2D eigenvalue weighted by Gasteiger charge is -2.24. The zero-order chi connectivity index (χ0) is 17.3. The highest BCUT2D eigenvalue weighted by atomic mass is 32.1. The van der Waals surface area contributed by atoms with Gasteiger partial charge in [-0.05, 0) is 45.4 Å². The molecule has 0 aromatic carbocycles. The summed E-state index contributed by atoms with van der Waals surface area (Å²) in [5.41, 5.74) is 6.89. The Bertz CT molecular complexity index is 860. The van der Waals surface area contributed by atoms with E-state index in [1.165, 1.54) is 0 Å². The fourth-order valence-electron chi connectivity index (χ4n) is 2.78. The summed E-state index contributed by atoms with van der Waals surface area (Å²) < 4.78 is 5.89. The summed E-state index contributed by atoms with van der Waals surface area (Å²) in [7, 11) is 0. The Hall–Kier alpha value is -2.25. The van der Waals surface area contributed by atoms with E-state index in [1.54, 1.807) is 17.5 Å². The van der Waals surface area contributed by atoms with E-state index < -0.39 is 0 Å². The summed E-state index contributed by atoms with van der Waals surface area (Å²) in [4.78, 5) is 15.2. The number of nitrogens with zero attached hydrogens (tertiary/aromatic N) is 3. The zero-order valence-corrected chi connectivity index (χ0v) is 15.1. The van der Waals surface area contributed by atoms with Crippen LogP contribution in [0, 0.1) is 6.92 Å². The number of fused-ring (bicyclic) bond motifs is 1. The minimum absolute atomic E-state index is 0.384. The molecule has 3 aromatic heterocycles. The highest BCUT2D eigenvalue weighted by Crippen LogP contribution is 2.40. The summed E-state index contributed by atoms with van der Waals surface area (Å²) in [6.07, 6.45) is 1.71. The molecule has 0 aliphatic heterocycles. The lowest BCUT2D eigenvalue weighted by atomic mass is 10.0. The van der Waals surface area contributed by atoms with Gasteiger partial charge in [0.15, 0.2) is 0 Å². The maximum atomic E-state index is 6.20. The second kappa shape index (κ2) is 6.33. The van der Waals surface area contributed by atoms with Crippen molar-refractivity contribution in [3.05, 3.63) is 34.8 Å². The fraction of sp³-hybridized carbons (Fsp3) is 0.353. The summed E-state index contributed by atoms with van der Waals surface area (Å²) in [5, 5.41) is 3.99. The highest BCUT2D eigenvalue weighted by molar-refractivity contribution is 7.19. The smallest absolute Gasteiger partial charge is 0.231 e. The molecule has 0 aliphatic carbocycles. The van der Waals surface area contributed by atoms with Crippen LogP contribution in [-0.2, 0) is 10.3 Å². The van der Waals surface area contributed by atoms with Crippen molar-refractivity contribution >= 4 is 39.1 Å². The van der Waals surface area contributed by atoms with E-state index in [-0.39, 0.29) is 5.60 Å². The van der Waals surface area contributed by atoms with Crippen LogP contribution in [0.3, 0.4) is 0 Å². The van der Waals surface area contributed by atoms with E-state index in [1.807, 2.05) is 32.0 Å². The molecule has 3 N–H and O–H groups in total. The van der Waals surface area contributed by atoms with E-state index in [4.69, 9.17) is 10.5 Å². The molecule has 3 heterocycles. The predicted molar refractivity (Wildman–Crippen MR) is 98.7 cm³/mol. The molecule has 126 valence electrons. The quantitative estimate of drug-likeness (QED) is 0.728. The molecule has 24 heavy (non-hydrogen) atoms. The fourth-order valence-corrected chi connectivity index (χ4v) is 4.02. The number of nitrogens with one attached hydrogen (secondary N) is 1. The Morgan fingerprint density at radius 2 is 2.08 bits per heavy atom. The van der Waals surface area contributed by atoms with Crippen LogP contribution in [0.1, 0.15) is 31.2 Å². The van der Waals surface area contributed by atoms with Crippen molar-refractivity contribution in [2.75, 3.05) is 17.7 Å². The van der Waals surface area contributed by atoms with Gasteiger partial charge < -0.3 is 15.8 Å². The van der Waals surface area contributed by atoms with Gasteiger partial charge in [0.2, 0.25) is 5.95 Å². The van der Waals surface area contributed by atoms with Crippen molar-refractivity contribution in [2.45, 2.75) is 33.3 Å². The SMILES string of the molecule is CCOC(C)(C)c1sc2nc(Nc3ccccn3)nc(N)c2c1C. The molecule has 0 aliphatic rings. The molecule has 0 saturated carbocycles. The minimum atomic E-state index is -0.384. The van der Waals surface area contributed by atoms with Crippen LogP contribution in [-0.4, -0.2) is 21.6 Å². The second-order valence-electron chi connectivity index (χ2n) is 5.95. The average Bonchev–Trinajstić information content (AvgIpc) is 2.86. The van der Waals surface area contributed by atoms with Gasteiger partial charge in [0.05, 0.1) is 11.0 Å². The molecular weight excluding hydrogens is 322 g/mol. The van der Waals surface area contributed by atoms with E-state index in [9.17, 15) is 0 Å². The molecule has 0 saturated heterocycles.